The van der Waals surface area contributed by atoms with Crippen molar-refractivity contribution in [2.75, 3.05) is 6.54 Å². The SMILES string of the molecule is N[C@@H](CNC=O)C(=O)CCc1ccccc1. The van der Waals surface area contributed by atoms with E-state index in [0.29, 0.717) is 19.3 Å². The molecule has 0 saturated heterocycles. The van der Waals surface area contributed by atoms with Crippen LogP contribution in [0.5, 0.6) is 0 Å². The molecular formula is C12H16N2O2. The third-order valence-corrected chi connectivity index (χ3v) is 2.34. The van der Waals surface area contributed by atoms with Gasteiger partial charge in [-0.3, -0.25) is 9.59 Å². The highest BCUT2D eigenvalue weighted by Gasteiger charge is 2.12. The molecule has 86 valence electrons. The fourth-order valence-corrected chi connectivity index (χ4v) is 1.39. The lowest BCUT2D eigenvalue weighted by Crippen LogP contribution is -2.40. The summed E-state index contributed by atoms with van der Waals surface area (Å²) in [7, 11) is 0. The fourth-order valence-electron chi connectivity index (χ4n) is 1.39. The van der Waals surface area contributed by atoms with Crippen LogP contribution in [0.4, 0.5) is 0 Å². The molecule has 16 heavy (non-hydrogen) atoms. The number of amides is 1. The second-order valence-electron chi connectivity index (χ2n) is 3.58. The van der Waals surface area contributed by atoms with Crippen molar-refractivity contribution >= 4 is 12.2 Å². The molecule has 0 saturated carbocycles. The number of Topliss-reactive ketones (excluding diaryl/α,β-unsaturated/α-hetero) is 1. The lowest BCUT2D eigenvalue weighted by atomic mass is 10.0. The van der Waals surface area contributed by atoms with Crippen LogP contribution in [-0.4, -0.2) is 24.8 Å². The number of nitrogens with two attached hydrogens (primary N) is 1. The van der Waals surface area contributed by atoms with Crippen LogP contribution in [-0.2, 0) is 16.0 Å². The minimum atomic E-state index is -0.603. The minimum absolute atomic E-state index is 0.0294. The van der Waals surface area contributed by atoms with Gasteiger partial charge in [0.1, 0.15) is 0 Å². The Kier molecular flexibility index (Phi) is 5.22. The van der Waals surface area contributed by atoms with E-state index in [0.717, 1.165) is 5.56 Å². The highest BCUT2D eigenvalue weighted by atomic mass is 16.1. The topological polar surface area (TPSA) is 72.2 Å². The summed E-state index contributed by atoms with van der Waals surface area (Å²) in [5.41, 5.74) is 6.71. The van der Waals surface area contributed by atoms with Crippen LogP contribution in [0, 0.1) is 0 Å². The monoisotopic (exact) mass is 220 g/mol. The Bertz CT molecular complexity index is 338. The predicted molar refractivity (Wildman–Crippen MR) is 61.8 cm³/mol. The highest BCUT2D eigenvalue weighted by molar-refractivity contribution is 5.84. The molecule has 0 aliphatic rings. The Morgan fingerprint density at radius 2 is 2.06 bits per heavy atom. The molecule has 1 atom stereocenters. The standard InChI is InChI=1S/C12H16N2O2/c13-11(8-14-9-15)12(16)7-6-10-4-2-1-3-5-10/h1-5,9,11H,6-8,13H2,(H,14,15)/t11-/m0/s1. The Labute approximate surface area is 94.8 Å². The normalized spacial score (nSPS) is 11.8. The number of hydrogen-bond donors (Lipinski definition) is 2. The van der Waals surface area contributed by atoms with Gasteiger partial charge in [-0.2, -0.15) is 0 Å². The Balaban J connectivity index is 2.32. The van der Waals surface area contributed by atoms with Gasteiger partial charge >= 0.3 is 0 Å². The first-order valence-electron chi connectivity index (χ1n) is 5.23. The predicted octanol–water partition coefficient (Wildman–Crippen LogP) is 0.262. The van der Waals surface area contributed by atoms with E-state index in [1.165, 1.54) is 0 Å². The first-order valence-corrected chi connectivity index (χ1v) is 5.23. The van der Waals surface area contributed by atoms with Gasteiger partial charge in [-0.15, -0.1) is 0 Å². The number of carbonyl (C=O) groups excluding carboxylic acids is 2. The van der Waals surface area contributed by atoms with Gasteiger partial charge < -0.3 is 11.1 Å². The van der Waals surface area contributed by atoms with Crippen molar-refractivity contribution in [1.29, 1.82) is 0 Å². The third-order valence-electron chi connectivity index (χ3n) is 2.34. The molecule has 1 amide bonds. The number of carbonyl (C=O) groups is 2. The Hall–Kier alpha value is -1.68. The molecule has 0 bridgehead atoms. The van der Waals surface area contributed by atoms with E-state index in [4.69, 9.17) is 5.73 Å². The van der Waals surface area contributed by atoms with Gasteiger partial charge in [0.2, 0.25) is 6.41 Å². The van der Waals surface area contributed by atoms with Crippen molar-refractivity contribution in [3.63, 3.8) is 0 Å². The smallest absolute Gasteiger partial charge is 0.207 e. The summed E-state index contributed by atoms with van der Waals surface area (Å²) >= 11 is 0. The number of ketones is 1. The van der Waals surface area contributed by atoms with Crippen molar-refractivity contribution < 1.29 is 9.59 Å². The van der Waals surface area contributed by atoms with Crippen molar-refractivity contribution in [2.24, 2.45) is 5.73 Å². The van der Waals surface area contributed by atoms with Crippen LogP contribution in [0.15, 0.2) is 30.3 Å². The van der Waals surface area contributed by atoms with Crippen LogP contribution in [0.1, 0.15) is 12.0 Å². The number of rotatable bonds is 7. The van der Waals surface area contributed by atoms with Gasteiger partial charge in [-0.1, -0.05) is 30.3 Å². The summed E-state index contributed by atoms with van der Waals surface area (Å²) in [4.78, 5) is 21.6. The molecule has 0 fully saturated rings. The molecule has 3 N–H and O–H groups in total. The average molecular weight is 220 g/mol. The molecule has 0 heterocycles. The molecule has 1 aromatic carbocycles. The maximum atomic E-state index is 11.5. The van der Waals surface area contributed by atoms with Gasteiger partial charge in [-0.05, 0) is 12.0 Å². The van der Waals surface area contributed by atoms with Crippen molar-refractivity contribution in [3.8, 4) is 0 Å². The average Bonchev–Trinajstić information content (AvgIpc) is 2.34. The zero-order valence-corrected chi connectivity index (χ0v) is 9.06. The molecule has 0 aliphatic heterocycles. The molecule has 1 aromatic rings. The zero-order chi connectivity index (χ0) is 11.8. The summed E-state index contributed by atoms with van der Waals surface area (Å²) in [6, 6.07) is 9.16. The van der Waals surface area contributed by atoms with Crippen molar-refractivity contribution in [3.05, 3.63) is 35.9 Å². The van der Waals surface area contributed by atoms with E-state index in [1.54, 1.807) is 0 Å². The first-order chi connectivity index (χ1) is 7.74. The van der Waals surface area contributed by atoms with E-state index in [1.807, 2.05) is 30.3 Å². The number of aryl methyl sites for hydroxylation is 1. The van der Waals surface area contributed by atoms with Crippen LogP contribution in [0.3, 0.4) is 0 Å². The minimum Gasteiger partial charge on any atom is -0.357 e. The van der Waals surface area contributed by atoms with Crippen LogP contribution in [0.25, 0.3) is 0 Å². The van der Waals surface area contributed by atoms with E-state index in [2.05, 4.69) is 5.32 Å². The molecule has 0 aliphatic carbocycles. The summed E-state index contributed by atoms with van der Waals surface area (Å²) in [5, 5.41) is 2.40. The summed E-state index contributed by atoms with van der Waals surface area (Å²) < 4.78 is 0. The van der Waals surface area contributed by atoms with Gasteiger partial charge in [-0.25, -0.2) is 0 Å². The highest BCUT2D eigenvalue weighted by Crippen LogP contribution is 2.03. The van der Waals surface area contributed by atoms with Crippen LogP contribution < -0.4 is 11.1 Å². The molecule has 1 rings (SSSR count). The van der Waals surface area contributed by atoms with Crippen LogP contribution >= 0.6 is 0 Å². The largest absolute Gasteiger partial charge is 0.357 e. The van der Waals surface area contributed by atoms with Crippen LogP contribution in [0.2, 0.25) is 0 Å². The molecule has 0 aromatic heterocycles. The number of hydrogen-bond acceptors (Lipinski definition) is 3. The quantitative estimate of drug-likeness (QED) is 0.647. The van der Waals surface area contributed by atoms with E-state index in [-0.39, 0.29) is 12.3 Å². The molecule has 0 radical (unpaired) electrons. The molecule has 4 nitrogen and oxygen atoms in total. The maximum Gasteiger partial charge on any atom is 0.207 e. The van der Waals surface area contributed by atoms with Crippen molar-refractivity contribution in [2.45, 2.75) is 18.9 Å². The lowest BCUT2D eigenvalue weighted by Gasteiger charge is -2.09. The molecule has 0 spiro atoms. The maximum absolute atomic E-state index is 11.5. The summed E-state index contributed by atoms with van der Waals surface area (Å²) in [5.74, 6) is -0.0294. The zero-order valence-electron chi connectivity index (χ0n) is 9.06. The molecular weight excluding hydrogens is 204 g/mol. The first kappa shape index (κ1) is 12.4. The van der Waals surface area contributed by atoms with E-state index >= 15 is 0 Å². The van der Waals surface area contributed by atoms with Gasteiger partial charge in [0.05, 0.1) is 6.04 Å². The van der Waals surface area contributed by atoms with Gasteiger partial charge in [0.25, 0.3) is 0 Å². The van der Waals surface area contributed by atoms with E-state index < -0.39 is 6.04 Å². The molecule has 0 unspecified atom stereocenters. The third kappa shape index (κ3) is 4.23. The fraction of sp³-hybridized carbons (Fsp3) is 0.333. The molecule has 4 heteroatoms. The summed E-state index contributed by atoms with van der Waals surface area (Å²) in [6.45, 7) is 0.205. The Morgan fingerprint density at radius 3 is 2.69 bits per heavy atom. The van der Waals surface area contributed by atoms with Gasteiger partial charge in [0.15, 0.2) is 5.78 Å². The second kappa shape index (κ2) is 6.74. The van der Waals surface area contributed by atoms with Crippen molar-refractivity contribution in [1.82, 2.24) is 5.32 Å². The lowest BCUT2D eigenvalue weighted by molar-refractivity contribution is -0.120. The number of nitrogens with one attached hydrogen (secondary N) is 1. The Morgan fingerprint density at radius 1 is 1.38 bits per heavy atom. The van der Waals surface area contributed by atoms with E-state index in [9.17, 15) is 9.59 Å². The summed E-state index contributed by atoms with van der Waals surface area (Å²) in [6.07, 6.45) is 1.64. The number of benzene rings is 1. The van der Waals surface area contributed by atoms with Gasteiger partial charge in [0, 0.05) is 13.0 Å². The second-order valence-corrected chi connectivity index (χ2v) is 3.58.